The molecular formula is C25H25N3O2. The van der Waals surface area contributed by atoms with Gasteiger partial charge in [-0.05, 0) is 66.0 Å². The monoisotopic (exact) mass is 399 g/mol. The van der Waals surface area contributed by atoms with E-state index in [4.69, 9.17) is 9.72 Å². The van der Waals surface area contributed by atoms with Crippen LogP contribution >= 0.6 is 0 Å². The molecule has 30 heavy (non-hydrogen) atoms. The maximum atomic E-state index is 12.7. The lowest BCUT2D eigenvalue weighted by Gasteiger charge is -2.21. The third-order valence-corrected chi connectivity index (χ3v) is 5.58. The highest BCUT2D eigenvalue weighted by atomic mass is 16.5. The van der Waals surface area contributed by atoms with Gasteiger partial charge in [0.25, 0.3) is 5.91 Å². The summed E-state index contributed by atoms with van der Waals surface area (Å²) in [6.07, 6.45) is 6.39. The number of nitrogens with one attached hydrogen (secondary N) is 1. The summed E-state index contributed by atoms with van der Waals surface area (Å²) >= 11 is 0. The molecule has 2 aromatic rings. The number of benzene rings is 1. The van der Waals surface area contributed by atoms with E-state index < -0.39 is 0 Å². The van der Waals surface area contributed by atoms with E-state index >= 15 is 0 Å². The number of nitriles is 1. The molecule has 4 rings (SSSR count). The van der Waals surface area contributed by atoms with Crippen LogP contribution in [0.5, 0.6) is 0 Å². The number of carbonyl (C=O) groups excluding carboxylic acids is 1. The molecule has 1 saturated carbocycles. The van der Waals surface area contributed by atoms with Gasteiger partial charge in [-0.15, -0.1) is 0 Å². The van der Waals surface area contributed by atoms with Gasteiger partial charge in [-0.25, -0.2) is 0 Å². The van der Waals surface area contributed by atoms with Gasteiger partial charge in [0.2, 0.25) is 0 Å². The summed E-state index contributed by atoms with van der Waals surface area (Å²) in [6, 6.07) is 11.9. The third kappa shape index (κ3) is 4.34. The predicted octanol–water partition coefficient (Wildman–Crippen LogP) is 2.66. The Morgan fingerprint density at radius 3 is 2.93 bits per heavy atom. The number of carbonyl (C=O) groups is 1. The summed E-state index contributed by atoms with van der Waals surface area (Å²) in [5, 5.41) is 14.2. The normalized spacial score (nSPS) is 19.1. The van der Waals surface area contributed by atoms with Gasteiger partial charge in [-0.1, -0.05) is 24.8 Å². The zero-order valence-corrected chi connectivity index (χ0v) is 17.1. The number of nitrogens with zero attached hydrogens (tertiary/aromatic N) is 2. The Balaban J connectivity index is 1.47. The number of ether oxygens (including phenoxy) is 1. The van der Waals surface area contributed by atoms with Gasteiger partial charge < -0.3 is 10.1 Å². The molecule has 5 heteroatoms. The molecule has 0 bridgehead atoms. The van der Waals surface area contributed by atoms with Gasteiger partial charge in [-0.2, -0.15) is 5.26 Å². The van der Waals surface area contributed by atoms with Gasteiger partial charge in [0.1, 0.15) is 0 Å². The minimum atomic E-state index is -0.335. The summed E-state index contributed by atoms with van der Waals surface area (Å²) in [7, 11) is 0. The Bertz CT molecular complexity index is 1160. The first kappa shape index (κ1) is 20.1. The molecular weight excluding hydrogens is 374 g/mol. The molecule has 1 amide bonds. The van der Waals surface area contributed by atoms with Crippen molar-refractivity contribution in [1.82, 2.24) is 10.3 Å². The van der Waals surface area contributed by atoms with E-state index in [1.165, 1.54) is 12.8 Å². The third-order valence-electron chi connectivity index (χ3n) is 5.58. The second kappa shape index (κ2) is 8.64. The van der Waals surface area contributed by atoms with Crippen molar-refractivity contribution in [1.29, 1.82) is 5.26 Å². The average molecular weight is 399 g/mol. The van der Waals surface area contributed by atoms with Crippen LogP contribution in [0.25, 0.3) is 12.2 Å². The van der Waals surface area contributed by atoms with Crippen molar-refractivity contribution in [2.24, 2.45) is 0 Å². The highest BCUT2D eigenvalue weighted by Gasteiger charge is 2.24. The molecule has 5 nitrogen and oxygen atoms in total. The zero-order valence-electron chi connectivity index (χ0n) is 17.1. The lowest BCUT2D eigenvalue weighted by Crippen LogP contribution is -2.30. The van der Waals surface area contributed by atoms with Gasteiger partial charge in [0.15, 0.2) is 0 Å². The van der Waals surface area contributed by atoms with E-state index in [1.54, 1.807) is 12.1 Å². The number of pyridine rings is 1. The molecule has 1 aliphatic carbocycles. The van der Waals surface area contributed by atoms with Crippen molar-refractivity contribution < 1.29 is 9.53 Å². The zero-order chi connectivity index (χ0) is 21.1. The summed E-state index contributed by atoms with van der Waals surface area (Å²) in [5.74, 6) is 0.0681. The van der Waals surface area contributed by atoms with Crippen molar-refractivity contribution in [3.63, 3.8) is 0 Å². The number of hydrogen-bond donors (Lipinski definition) is 1. The van der Waals surface area contributed by atoms with Crippen LogP contribution < -0.4 is 15.9 Å². The van der Waals surface area contributed by atoms with Crippen LogP contribution in [0.4, 0.5) is 0 Å². The van der Waals surface area contributed by atoms with E-state index in [0.717, 1.165) is 33.0 Å². The van der Waals surface area contributed by atoms with Crippen LogP contribution in [0.1, 0.15) is 58.8 Å². The summed E-state index contributed by atoms with van der Waals surface area (Å²) in [6.45, 7) is 7.26. The number of fused-ring (bicyclic) bond motifs is 1. The second-order valence-corrected chi connectivity index (χ2v) is 7.87. The minimum Gasteiger partial charge on any atom is -0.375 e. The SMILES string of the molecule is C=C(/C=c1/nc(C2CC2)cc/c1=C/C)CNC(=O)c1ccc2c(c1)C(C#N)COC2. The topological polar surface area (TPSA) is 75.0 Å². The molecule has 1 aliphatic heterocycles. The molecule has 152 valence electrons. The van der Waals surface area contributed by atoms with Crippen LogP contribution in [0.3, 0.4) is 0 Å². The maximum absolute atomic E-state index is 12.7. The fourth-order valence-electron chi connectivity index (χ4n) is 3.68. The van der Waals surface area contributed by atoms with Crippen LogP contribution in [0, 0.1) is 11.3 Å². The quantitative estimate of drug-likeness (QED) is 0.839. The molecule has 0 radical (unpaired) electrons. The Morgan fingerprint density at radius 2 is 2.20 bits per heavy atom. The molecule has 1 aromatic heterocycles. The first-order valence-corrected chi connectivity index (χ1v) is 10.3. The molecule has 0 saturated heterocycles. The van der Waals surface area contributed by atoms with Crippen molar-refractivity contribution in [2.45, 2.75) is 38.2 Å². The smallest absolute Gasteiger partial charge is 0.251 e. The molecule has 1 N–H and O–H groups in total. The van der Waals surface area contributed by atoms with Gasteiger partial charge in [-0.3, -0.25) is 9.78 Å². The molecule has 1 unspecified atom stereocenters. The first-order valence-electron chi connectivity index (χ1n) is 10.3. The Hall–Kier alpha value is -3.23. The Labute approximate surface area is 176 Å². The average Bonchev–Trinajstić information content (AvgIpc) is 3.62. The molecule has 1 atom stereocenters. The first-order chi connectivity index (χ1) is 14.6. The Morgan fingerprint density at radius 1 is 1.37 bits per heavy atom. The van der Waals surface area contributed by atoms with E-state index in [-0.39, 0.29) is 11.8 Å². The van der Waals surface area contributed by atoms with E-state index in [9.17, 15) is 10.1 Å². The molecule has 1 aromatic carbocycles. The van der Waals surface area contributed by atoms with E-state index in [2.05, 4.69) is 30.1 Å². The number of hydrogen-bond acceptors (Lipinski definition) is 4. The standard InChI is InChI=1S/C25H25N3O2/c1-3-17-8-9-23(18-4-5-18)28-24(17)10-16(2)13-27-25(29)19-6-7-20-14-30-15-21(12-26)22(20)11-19/h3,6-11,18,21H,2,4-5,13-15H2,1H3,(H,27,29)/b17-3-,24-10+. The molecule has 2 heterocycles. The summed E-state index contributed by atoms with van der Waals surface area (Å²) < 4.78 is 5.43. The lowest BCUT2D eigenvalue weighted by molar-refractivity contribution is 0.0952. The van der Waals surface area contributed by atoms with Crippen LogP contribution in [-0.4, -0.2) is 24.0 Å². The van der Waals surface area contributed by atoms with Gasteiger partial charge in [0, 0.05) is 23.7 Å². The number of amides is 1. The minimum absolute atomic E-state index is 0.183. The predicted molar refractivity (Wildman–Crippen MR) is 116 cm³/mol. The second-order valence-electron chi connectivity index (χ2n) is 7.87. The highest BCUT2D eigenvalue weighted by molar-refractivity contribution is 5.94. The summed E-state index contributed by atoms with van der Waals surface area (Å²) in [4.78, 5) is 17.4. The largest absolute Gasteiger partial charge is 0.375 e. The van der Waals surface area contributed by atoms with Crippen molar-refractivity contribution in [3.8, 4) is 6.07 Å². The summed E-state index contributed by atoms with van der Waals surface area (Å²) in [5.41, 5.74) is 4.31. The van der Waals surface area contributed by atoms with E-state index in [1.807, 2.05) is 25.1 Å². The number of rotatable bonds is 5. The van der Waals surface area contributed by atoms with E-state index in [0.29, 0.717) is 31.2 Å². The lowest BCUT2D eigenvalue weighted by atomic mass is 9.92. The van der Waals surface area contributed by atoms with Crippen LogP contribution in [0.2, 0.25) is 0 Å². The fourth-order valence-corrected chi connectivity index (χ4v) is 3.68. The van der Waals surface area contributed by atoms with Crippen molar-refractivity contribution in [3.05, 3.63) is 75.4 Å². The van der Waals surface area contributed by atoms with Crippen LogP contribution in [0.15, 0.2) is 42.5 Å². The molecule has 2 aliphatic rings. The number of aromatic nitrogens is 1. The molecule has 0 spiro atoms. The Kier molecular flexibility index (Phi) is 5.78. The van der Waals surface area contributed by atoms with Gasteiger partial charge >= 0.3 is 0 Å². The fraction of sp³-hybridized carbons (Fsp3) is 0.320. The van der Waals surface area contributed by atoms with Gasteiger partial charge in [0.05, 0.1) is 30.6 Å². The highest BCUT2D eigenvalue weighted by Crippen LogP contribution is 2.38. The molecule has 1 fully saturated rings. The van der Waals surface area contributed by atoms with Crippen molar-refractivity contribution in [2.75, 3.05) is 13.2 Å². The van der Waals surface area contributed by atoms with Crippen LogP contribution in [-0.2, 0) is 11.3 Å². The van der Waals surface area contributed by atoms with Crippen molar-refractivity contribution >= 4 is 18.1 Å². The maximum Gasteiger partial charge on any atom is 0.251 e.